The Hall–Kier alpha value is -3.42. The Labute approximate surface area is 203 Å². The largest absolute Gasteiger partial charge is 0.497 e. The van der Waals surface area contributed by atoms with Gasteiger partial charge in [0.15, 0.2) is 0 Å². The highest BCUT2D eigenvalue weighted by atomic mass is 79.9. The Morgan fingerprint density at radius 3 is 2.39 bits per heavy atom. The van der Waals surface area contributed by atoms with Crippen LogP contribution >= 0.6 is 27.5 Å². The number of halogens is 2. The molecular formula is C25H18BrClN2O4. The normalized spacial score (nSPS) is 15.1. The number of amides is 4. The van der Waals surface area contributed by atoms with Gasteiger partial charge in [0, 0.05) is 15.9 Å². The van der Waals surface area contributed by atoms with Crippen molar-refractivity contribution in [3.8, 4) is 5.75 Å². The summed E-state index contributed by atoms with van der Waals surface area (Å²) in [6.45, 7) is 0. The van der Waals surface area contributed by atoms with Gasteiger partial charge in [-0.1, -0.05) is 57.9 Å². The smallest absolute Gasteiger partial charge is 0.335 e. The predicted octanol–water partition coefficient (Wildman–Crippen LogP) is 5.37. The number of ether oxygens (including phenoxy) is 1. The molecule has 0 aliphatic carbocycles. The van der Waals surface area contributed by atoms with Crippen LogP contribution in [0.2, 0.25) is 5.02 Å². The molecule has 4 rings (SSSR count). The van der Waals surface area contributed by atoms with Gasteiger partial charge >= 0.3 is 6.03 Å². The van der Waals surface area contributed by atoms with Crippen molar-refractivity contribution in [3.05, 3.63) is 98.5 Å². The molecule has 1 aliphatic rings. The average molecular weight is 526 g/mol. The molecule has 0 atom stereocenters. The summed E-state index contributed by atoms with van der Waals surface area (Å²) in [5, 5.41) is 2.72. The molecule has 3 aromatic rings. The minimum Gasteiger partial charge on any atom is -0.497 e. The molecule has 1 aliphatic heterocycles. The van der Waals surface area contributed by atoms with Gasteiger partial charge in [-0.25, -0.2) is 9.69 Å². The van der Waals surface area contributed by atoms with E-state index in [4.69, 9.17) is 16.3 Å². The van der Waals surface area contributed by atoms with E-state index >= 15 is 0 Å². The highest BCUT2D eigenvalue weighted by Crippen LogP contribution is 2.27. The molecular weight excluding hydrogens is 508 g/mol. The lowest BCUT2D eigenvalue weighted by atomic mass is 10.0. The molecule has 166 valence electrons. The summed E-state index contributed by atoms with van der Waals surface area (Å²) in [5.74, 6) is -0.904. The number of rotatable bonds is 5. The number of hydrogen-bond acceptors (Lipinski definition) is 4. The lowest BCUT2D eigenvalue weighted by Gasteiger charge is -2.26. The molecule has 1 heterocycles. The van der Waals surface area contributed by atoms with Crippen LogP contribution in [0.25, 0.3) is 6.08 Å². The van der Waals surface area contributed by atoms with Crippen LogP contribution in [0.3, 0.4) is 0 Å². The number of methoxy groups -OCH3 is 1. The van der Waals surface area contributed by atoms with Gasteiger partial charge in [0.2, 0.25) is 0 Å². The molecule has 0 unspecified atom stereocenters. The molecule has 0 saturated carbocycles. The number of nitrogens with one attached hydrogen (secondary N) is 1. The van der Waals surface area contributed by atoms with E-state index in [1.54, 1.807) is 36.4 Å². The van der Waals surface area contributed by atoms with Crippen LogP contribution in [-0.2, 0) is 16.0 Å². The standard InChI is InChI=1S/C25H18BrClN2O4/c1-33-19-10-8-18(9-11-19)29-24(31)20(23(30)28-25(29)32)12-15-6-7-17(22(27)13-15)14-16-4-2-3-5-21(16)26/h2-13H,14H2,1H3,(H,28,30,32)/b20-12+. The van der Waals surface area contributed by atoms with E-state index in [2.05, 4.69) is 21.2 Å². The summed E-state index contributed by atoms with van der Waals surface area (Å²) >= 11 is 10.0. The number of carbonyl (C=O) groups excluding carboxylic acids is 3. The van der Waals surface area contributed by atoms with Crippen molar-refractivity contribution in [2.75, 3.05) is 12.0 Å². The van der Waals surface area contributed by atoms with Crippen molar-refractivity contribution in [2.24, 2.45) is 0 Å². The monoisotopic (exact) mass is 524 g/mol. The van der Waals surface area contributed by atoms with Crippen molar-refractivity contribution < 1.29 is 19.1 Å². The van der Waals surface area contributed by atoms with E-state index in [-0.39, 0.29) is 5.57 Å². The Balaban J connectivity index is 1.62. The second kappa shape index (κ2) is 9.60. The van der Waals surface area contributed by atoms with Gasteiger partial charge < -0.3 is 4.74 Å². The summed E-state index contributed by atoms with van der Waals surface area (Å²) in [4.78, 5) is 38.7. The molecule has 0 spiro atoms. The number of carbonyl (C=O) groups is 3. The van der Waals surface area contributed by atoms with E-state index in [0.717, 1.165) is 20.5 Å². The van der Waals surface area contributed by atoms with Gasteiger partial charge in [0.05, 0.1) is 12.8 Å². The van der Waals surface area contributed by atoms with E-state index < -0.39 is 17.8 Å². The molecule has 0 bridgehead atoms. The minimum atomic E-state index is -0.811. The highest BCUT2D eigenvalue weighted by molar-refractivity contribution is 9.10. The molecule has 33 heavy (non-hydrogen) atoms. The summed E-state index contributed by atoms with van der Waals surface area (Å²) in [7, 11) is 1.52. The second-order valence-corrected chi connectivity index (χ2v) is 8.54. The van der Waals surface area contributed by atoms with Gasteiger partial charge in [-0.05, 0) is 59.2 Å². The third-order valence-corrected chi connectivity index (χ3v) is 6.28. The quantitative estimate of drug-likeness (QED) is 0.359. The third-order valence-electron chi connectivity index (χ3n) is 5.16. The first kappa shape index (κ1) is 22.8. The van der Waals surface area contributed by atoms with Crippen LogP contribution in [0.4, 0.5) is 10.5 Å². The van der Waals surface area contributed by atoms with Crippen molar-refractivity contribution in [2.45, 2.75) is 6.42 Å². The highest BCUT2D eigenvalue weighted by Gasteiger charge is 2.36. The Morgan fingerprint density at radius 1 is 1.00 bits per heavy atom. The molecule has 8 heteroatoms. The van der Waals surface area contributed by atoms with Gasteiger partial charge in [-0.15, -0.1) is 0 Å². The van der Waals surface area contributed by atoms with E-state index in [1.807, 2.05) is 30.3 Å². The van der Waals surface area contributed by atoms with Gasteiger partial charge in [-0.2, -0.15) is 0 Å². The van der Waals surface area contributed by atoms with Crippen LogP contribution in [0.5, 0.6) is 5.75 Å². The zero-order valence-electron chi connectivity index (χ0n) is 17.5. The fourth-order valence-electron chi connectivity index (χ4n) is 3.43. The van der Waals surface area contributed by atoms with E-state index in [9.17, 15) is 14.4 Å². The van der Waals surface area contributed by atoms with Crippen LogP contribution in [0.15, 0.2) is 76.8 Å². The SMILES string of the molecule is COc1ccc(N2C(=O)NC(=O)/C(=C\c3ccc(Cc4ccccc4Br)c(Cl)c3)C2=O)cc1. The lowest BCUT2D eigenvalue weighted by molar-refractivity contribution is -0.122. The van der Waals surface area contributed by atoms with Gasteiger partial charge in [0.25, 0.3) is 11.8 Å². The number of anilines is 1. The molecule has 0 radical (unpaired) electrons. The van der Waals surface area contributed by atoms with Crippen LogP contribution in [0.1, 0.15) is 16.7 Å². The van der Waals surface area contributed by atoms with E-state index in [0.29, 0.717) is 28.4 Å². The molecule has 1 fully saturated rings. The topological polar surface area (TPSA) is 75.7 Å². The van der Waals surface area contributed by atoms with Crippen molar-refractivity contribution >= 4 is 57.1 Å². The van der Waals surface area contributed by atoms with E-state index in [1.165, 1.54) is 13.2 Å². The number of urea groups is 1. The predicted molar refractivity (Wildman–Crippen MR) is 130 cm³/mol. The fourth-order valence-corrected chi connectivity index (χ4v) is 4.11. The van der Waals surface area contributed by atoms with Gasteiger partial charge in [0.1, 0.15) is 11.3 Å². The van der Waals surface area contributed by atoms with Crippen molar-refractivity contribution in [3.63, 3.8) is 0 Å². The van der Waals surface area contributed by atoms with Crippen LogP contribution < -0.4 is 15.0 Å². The summed E-state index contributed by atoms with van der Waals surface area (Å²) < 4.78 is 6.09. The molecule has 6 nitrogen and oxygen atoms in total. The summed E-state index contributed by atoms with van der Waals surface area (Å²) in [5.41, 5.74) is 2.71. The first-order chi connectivity index (χ1) is 15.9. The molecule has 0 aromatic heterocycles. The number of benzene rings is 3. The third kappa shape index (κ3) is 4.84. The van der Waals surface area contributed by atoms with Gasteiger partial charge in [-0.3, -0.25) is 14.9 Å². The Morgan fingerprint density at radius 2 is 1.73 bits per heavy atom. The molecule has 1 N–H and O–H groups in total. The zero-order chi connectivity index (χ0) is 23.5. The number of nitrogens with zero attached hydrogens (tertiary/aromatic N) is 1. The average Bonchev–Trinajstić information content (AvgIpc) is 2.80. The maximum Gasteiger partial charge on any atom is 0.335 e. The number of hydrogen-bond donors (Lipinski definition) is 1. The fraction of sp³-hybridized carbons (Fsp3) is 0.0800. The van der Waals surface area contributed by atoms with Crippen LogP contribution in [0, 0.1) is 0 Å². The first-order valence-corrected chi connectivity index (χ1v) is 11.1. The number of imide groups is 2. The minimum absolute atomic E-state index is 0.167. The first-order valence-electron chi connectivity index (χ1n) is 9.94. The second-order valence-electron chi connectivity index (χ2n) is 7.27. The summed E-state index contributed by atoms with van der Waals surface area (Å²) in [6.07, 6.45) is 2.05. The molecule has 3 aromatic carbocycles. The maximum absolute atomic E-state index is 13.0. The summed E-state index contributed by atoms with van der Waals surface area (Å²) in [6, 6.07) is 18.8. The zero-order valence-corrected chi connectivity index (χ0v) is 19.8. The lowest BCUT2D eigenvalue weighted by Crippen LogP contribution is -2.54. The Bertz CT molecular complexity index is 1290. The number of barbiturate groups is 1. The van der Waals surface area contributed by atoms with Crippen molar-refractivity contribution in [1.82, 2.24) is 5.32 Å². The van der Waals surface area contributed by atoms with Crippen molar-refractivity contribution in [1.29, 1.82) is 0 Å². The maximum atomic E-state index is 13.0. The Kier molecular flexibility index (Phi) is 6.62. The molecule has 4 amide bonds. The van der Waals surface area contributed by atoms with Crippen LogP contribution in [-0.4, -0.2) is 25.0 Å². The molecule has 1 saturated heterocycles.